The van der Waals surface area contributed by atoms with Gasteiger partial charge in [0, 0.05) is 19.6 Å². The molecular formula is C12H20N4S. The summed E-state index contributed by atoms with van der Waals surface area (Å²) in [6.45, 7) is 5.30. The average molecular weight is 252 g/mol. The maximum Gasteiger partial charge on any atom is 0.208 e. The number of nitrogens with one attached hydrogen (secondary N) is 1. The lowest BCUT2D eigenvalue weighted by Crippen LogP contribution is -2.62. The summed E-state index contributed by atoms with van der Waals surface area (Å²) in [5, 5.41) is 14.3. The molecule has 2 heterocycles. The molecule has 2 aliphatic rings. The molecular weight excluding hydrogens is 232 g/mol. The molecule has 0 bridgehead atoms. The molecule has 1 aliphatic carbocycles. The van der Waals surface area contributed by atoms with Crippen molar-refractivity contribution >= 4 is 16.5 Å². The maximum absolute atomic E-state index is 4.36. The number of aromatic nitrogens is 2. The van der Waals surface area contributed by atoms with Crippen LogP contribution >= 0.6 is 11.3 Å². The third-order valence-corrected chi connectivity index (χ3v) is 4.93. The number of hydrogen-bond donors (Lipinski definition) is 1. The average Bonchev–Trinajstić information content (AvgIpc) is 2.77. The van der Waals surface area contributed by atoms with Crippen LogP contribution in [0.25, 0.3) is 0 Å². The Balaban J connectivity index is 1.89. The normalized spacial score (nSPS) is 24.2. The van der Waals surface area contributed by atoms with Crippen molar-refractivity contribution in [3.63, 3.8) is 0 Å². The van der Waals surface area contributed by atoms with E-state index in [0.717, 1.165) is 29.8 Å². The van der Waals surface area contributed by atoms with E-state index < -0.39 is 0 Å². The second-order valence-corrected chi connectivity index (χ2v) is 6.38. The Hall–Kier alpha value is -0.680. The zero-order valence-electron chi connectivity index (χ0n) is 10.4. The van der Waals surface area contributed by atoms with Gasteiger partial charge in [-0.3, -0.25) is 0 Å². The van der Waals surface area contributed by atoms with Crippen LogP contribution in [0.15, 0.2) is 0 Å². The van der Waals surface area contributed by atoms with Crippen molar-refractivity contribution in [1.29, 1.82) is 0 Å². The lowest BCUT2D eigenvalue weighted by Gasteiger charge is -2.49. The van der Waals surface area contributed by atoms with Gasteiger partial charge in [0.1, 0.15) is 5.01 Å². The predicted molar refractivity (Wildman–Crippen MR) is 70.7 cm³/mol. The molecule has 0 aromatic carbocycles. The highest BCUT2D eigenvalue weighted by Gasteiger charge is 2.41. The summed E-state index contributed by atoms with van der Waals surface area (Å²) in [6, 6.07) is 0. The van der Waals surface area contributed by atoms with Crippen LogP contribution in [0.4, 0.5) is 5.13 Å². The van der Waals surface area contributed by atoms with Crippen LogP contribution in [0.1, 0.15) is 37.1 Å². The second kappa shape index (κ2) is 4.53. The molecule has 0 atom stereocenters. The Morgan fingerprint density at radius 1 is 1.24 bits per heavy atom. The molecule has 1 aromatic heterocycles. The molecule has 1 saturated carbocycles. The Bertz CT molecular complexity index is 375. The van der Waals surface area contributed by atoms with Crippen molar-refractivity contribution in [3.05, 3.63) is 5.01 Å². The summed E-state index contributed by atoms with van der Waals surface area (Å²) in [5.41, 5.74) is 0.322. The summed E-state index contributed by atoms with van der Waals surface area (Å²) >= 11 is 1.74. The number of anilines is 1. The van der Waals surface area contributed by atoms with Gasteiger partial charge < -0.3 is 10.2 Å². The van der Waals surface area contributed by atoms with Crippen molar-refractivity contribution < 1.29 is 0 Å². The van der Waals surface area contributed by atoms with Gasteiger partial charge in [0.2, 0.25) is 5.13 Å². The third kappa shape index (κ3) is 2.06. The monoisotopic (exact) mass is 252 g/mol. The van der Waals surface area contributed by atoms with Gasteiger partial charge in [-0.25, -0.2) is 0 Å². The fourth-order valence-electron chi connectivity index (χ4n) is 3.19. The summed E-state index contributed by atoms with van der Waals surface area (Å²) in [5.74, 6) is 0. The van der Waals surface area contributed by atoms with E-state index in [2.05, 4.69) is 20.4 Å². The highest BCUT2D eigenvalue weighted by atomic mass is 32.1. The lowest BCUT2D eigenvalue weighted by molar-refractivity contribution is 0.240. The maximum atomic E-state index is 4.36. The van der Waals surface area contributed by atoms with Crippen LogP contribution in [-0.4, -0.2) is 35.4 Å². The summed E-state index contributed by atoms with van der Waals surface area (Å²) < 4.78 is 0. The number of piperazine rings is 1. The highest BCUT2D eigenvalue weighted by molar-refractivity contribution is 7.15. The highest BCUT2D eigenvalue weighted by Crippen LogP contribution is 2.38. The molecule has 17 heavy (non-hydrogen) atoms. The Morgan fingerprint density at radius 2 is 2.06 bits per heavy atom. The van der Waals surface area contributed by atoms with E-state index in [4.69, 9.17) is 0 Å². The Kier molecular flexibility index (Phi) is 3.04. The van der Waals surface area contributed by atoms with Crippen LogP contribution in [-0.2, 0) is 0 Å². The van der Waals surface area contributed by atoms with Crippen molar-refractivity contribution in [1.82, 2.24) is 15.5 Å². The van der Waals surface area contributed by atoms with Gasteiger partial charge in [-0.15, -0.1) is 10.2 Å². The van der Waals surface area contributed by atoms with Gasteiger partial charge >= 0.3 is 0 Å². The molecule has 0 unspecified atom stereocenters. The van der Waals surface area contributed by atoms with E-state index in [1.807, 2.05) is 6.92 Å². The van der Waals surface area contributed by atoms with Crippen molar-refractivity contribution in [3.8, 4) is 0 Å². The largest absolute Gasteiger partial charge is 0.338 e. The number of rotatable bonds is 1. The molecule has 1 aromatic rings. The van der Waals surface area contributed by atoms with Crippen LogP contribution < -0.4 is 10.2 Å². The summed E-state index contributed by atoms with van der Waals surface area (Å²) in [6.07, 6.45) is 6.72. The Labute approximate surface area is 106 Å². The third-order valence-electron chi connectivity index (χ3n) is 4.07. The van der Waals surface area contributed by atoms with Gasteiger partial charge in [0.25, 0.3) is 0 Å². The molecule has 1 aliphatic heterocycles. The minimum Gasteiger partial charge on any atom is -0.338 e. The van der Waals surface area contributed by atoms with E-state index in [1.165, 1.54) is 32.1 Å². The minimum atomic E-state index is 0.322. The predicted octanol–water partition coefficient (Wildman–Crippen LogP) is 1.96. The van der Waals surface area contributed by atoms with Crippen LogP contribution in [0, 0.1) is 6.92 Å². The van der Waals surface area contributed by atoms with E-state index in [0.29, 0.717) is 5.54 Å². The Morgan fingerprint density at radius 3 is 2.76 bits per heavy atom. The zero-order chi connectivity index (χ0) is 11.7. The smallest absolute Gasteiger partial charge is 0.208 e. The first-order valence-electron chi connectivity index (χ1n) is 6.59. The molecule has 4 nitrogen and oxygen atoms in total. The van der Waals surface area contributed by atoms with E-state index in [1.54, 1.807) is 11.3 Å². The van der Waals surface area contributed by atoms with Crippen molar-refractivity contribution in [2.24, 2.45) is 0 Å². The number of nitrogens with zero attached hydrogens (tertiary/aromatic N) is 3. The zero-order valence-corrected chi connectivity index (χ0v) is 11.2. The molecule has 1 N–H and O–H groups in total. The molecule has 0 amide bonds. The van der Waals surface area contributed by atoms with E-state index in [-0.39, 0.29) is 0 Å². The molecule has 0 radical (unpaired) electrons. The van der Waals surface area contributed by atoms with Crippen LogP contribution in [0.3, 0.4) is 0 Å². The molecule has 94 valence electrons. The quantitative estimate of drug-likeness (QED) is 0.829. The van der Waals surface area contributed by atoms with E-state index >= 15 is 0 Å². The second-order valence-electron chi connectivity index (χ2n) is 5.22. The molecule has 3 rings (SSSR count). The summed E-state index contributed by atoms with van der Waals surface area (Å²) in [4.78, 5) is 2.54. The molecule has 5 heteroatoms. The van der Waals surface area contributed by atoms with Gasteiger partial charge in [0.05, 0.1) is 5.54 Å². The van der Waals surface area contributed by atoms with Gasteiger partial charge in [-0.05, 0) is 19.8 Å². The fourth-order valence-corrected chi connectivity index (χ4v) is 4.02. The molecule has 1 saturated heterocycles. The van der Waals surface area contributed by atoms with Gasteiger partial charge in [-0.1, -0.05) is 30.6 Å². The number of aryl methyl sites for hydroxylation is 1. The topological polar surface area (TPSA) is 41.1 Å². The van der Waals surface area contributed by atoms with Crippen LogP contribution in [0.2, 0.25) is 0 Å². The minimum absolute atomic E-state index is 0.322. The fraction of sp³-hybridized carbons (Fsp3) is 0.833. The number of hydrogen-bond acceptors (Lipinski definition) is 5. The molecule has 2 fully saturated rings. The first-order chi connectivity index (χ1) is 8.30. The first kappa shape index (κ1) is 11.4. The SMILES string of the molecule is Cc1nnc(N2CCNCC23CCCCC3)s1. The van der Waals surface area contributed by atoms with Crippen LogP contribution in [0.5, 0.6) is 0 Å². The lowest BCUT2D eigenvalue weighted by atomic mass is 9.79. The van der Waals surface area contributed by atoms with Crippen molar-refractivity contribution in [2.45, 2.75) is 44.6 Å². The standard InChI is InChI=1S/C12H20N4S/c1-10-14-15-11(17-10)16-8-7-13-9-12(16)5-3-2-4-6-12/h13H,2-9H2,1H3. The van der Waals surface area contributed by atoms with E-state index in [9.17, 15) is 0 Å². The van der Waals surface area contributed by atoms with Gasteiger partial charge in [-0.2, -0.15) is 0 Å². The van der Waals surface area contributed by atoms with Gasteiger partial charge in [0.15, 0.2) is 0 Å². The first-order valence-corrected chi connectivity index (χ1v) is 7.40. The van der Waals surface area contributed by atoms with Crippen molar-refractivity contribution in [2.75, 3.05) is 24.5 Å². The summed E-state index contributed by atoms with van der Waals surface area (Å²) in [7, 11) is 0. The molecule has 1 spiro atoms.